The lowest BCUT2D eigenvalue weighted by molar-refractivity contribution is -0.137. The van der Waals surface area contributed by atoms with E-state index in [-0.39, 0.29) is 12.3 Å². The highest BCUT2D eigenvalue weighted by molar-refractivity contribution is 5.95. The molecule has 2 atom stereocenters. The lowest BCUT2D eigenvalue weighted by Gasteiger charge is -2.26. The molecule has 0 aromatic heterocycles. The Morgan fingerprint density at radius 3 is 2.34 bits per heavy atom. The van der Waals surface area contributed by atoms with Crippen molar-refractivity contribution >= 4 is 17.3 Å². The molecule has 1 aliphatic rings. The van der Waals surface area contributed by atoms with Crippen molar-refractivity contribution in [3.63, 3.8) is 0 Å². The Hall–Kier alpha value is -2.64. The number of carbonyl (C=O) groups excluding carboxylic acids is 1. The molecular weight excluding hydrogens is 463 g/mol. The number of benzene rings is 2. The van der Waals surface area contributed by atoms with Crippen LogP contribution in [0.3, 0.4) is 0 Å². The van der Waals surface area contributed by atoms with Crippen LogP contribution < -0.4 is 10.6 Å². The Morgan fingerprint density at radius 2 is 1.71 bits per heavy atom. The Labute approximate surface area is 203 Å². The molecule has 3 nitrogen and oxygen atoms in total. The fraction of sp³-hybridized carbons (Fsp3) is 0.519. The standard InChI is InChI=1S/C27H33F5N2O/c1-2-3-9-23(28)25(29)26(35)34-24-15-14-21(16-22(24)19-7-5-4-6-8-19)33-17-18-10-12-20(13-11-18)27(30,31)32/h10-16,19,23,25,33H,2-9,17H2,1H3,(H,34,35)/t23-,25-/m1/s1. The second kappa shape index (κ2) is 12.4. The summed E-state index contributed by atoms with van der Waals surface area (Å²) in [7, 11) is 0. The van der Waals surface area contributed by atoms with Gasteiger partial charge in [-0.1, -0.05) is 51.2 Å². The quantitative estimate of drug-likeness (QED) is 0.326. The third-order valence-electron chi connectivity index (χ3n) is 6.53. The van der Waals surface area contributed by atoms with Gasteiger partial charge in [-0.2, -0.15) is 13.2 Å². The van der Waals surface area contributed by atoms with Crippen LogP contribution in [-0.4, -0.2) is 18.3 Å². The van der Waals surface area contributed by atoms with Crippen LogP contribution in [0.25, 0.3) is 0 Å². The van der Waals surface area contributed by atoms with Crippen LogP contribution in [0.1, 0.15) is 80.9 Å². The molecule has 1 aliphatic carbocycles. The molecule has 2 aromatic rings. The molecule has 1 saturated carbocycles. The van der Waals surface area contributed by atoms with Gasteiger partial charge in [0.2, 0.25) is 6.17 Å². The van der Waals surface area contributed by atoms with Crippen molar-refractivity contribution in [2.45, 2.75) is 89.3 Å². The molecule has 0 bridgehead atoms. The van der Waals surface area contributed by atoms with Gasteiger partial charge in [0.1, 0.15) is 6.17 Å². The van der Waals surface area contributed by atoms with Crippen LogP contribution in [0.5, 0.6) is 0 Å². The van der Waals surface area contributed by atoms with E-state index in [4.69, 9.17) is 0 Å². The molecule has 1 fully saturated rings. The molecule has 0 heterocycles. The monoisotopic (exact) mass is 496 g/mol. The average molecular weight is 497 g/mol. The highest BCUT2D eigenvalue weighted by Crippen LogP contribution is 2.38. The van der Waals surface area contributed by atoms with Crippen molar-refractivity contribution in [1.29, 1.82) is 0 Å². The summed E-state index contributed by atoms with van der Waals surface area (Å²) < 4.78 is 66.8. The molecule has 0 spiro atoms. The average Bonchev–Trinajstić information content (AvgIpc) is 2.86. The summed E-state index contributed by atoms with van der Waals surface area (Å²) in [5.41, 5.74) is 2.08. The topological polar surface area (TPSA) is 41.1 Å². The summed E-state index contributed by atoms with van der Waals surface area (Å²) in [6, 6.07) is 10.3. The number of amides is 1. The lowest BCUT2D eigenvalue weighted by atomic mass is 9.83. The van der Waals surface area contributed by atoms with Gasteiger partial charge in [0, 0.05) is 17.9 Å². The predicted octanol–water partition coefficient (Wildman–Crippen LogP) is 8.17. The van der Waals surface area contributed by atoms with Crippen LogP contribution >= 0.6 is 0 Å². The lowest BCUT2D eigenvalue weighted by Crippen LogP contribution is -2.32. The van der Waals surface area contributed by atoms with Gasteiger partial charge in [-0.05, 0) is 66.6 Å². The van der Waals surface area contributed by atoms with E-state index in [9.17, 15) is 26.7 Å². The first-order chi connectivity index (χ1) is 16.7. The number of hydrogen-bond acceptors (Lipinski definition) is 2. The number of anilines is 2. The SMILES string of the molecule is CCCC[C@@H](F)[C@@H](F)C(=O)Nc1ccc(NCc2ccc(C(F)(F)F)cc2)cc1C1CCCCC1. The zero-order valence-electron chi connectivity index (χ0n) is 19.9. The van der Waals surface area contributed by atoms with Crippen molar-refractivity contribution < 1.29 is 26.7 Å². The van der Waals surface area contributed by atoms with Crippen LogP contribution in [0, 0.1) is 0 Å². The summed E-state index contributed by atoms with van der Waals surface area (Å²) in [4.78, 5) is 12.4. The summed E-state index contributed by atoms with van der Waals surface area (Å²) in [5.74, 6) is -0.790. The molecule has 2 aromatic carbocycles. The van der Waals surface area contributed by atoms with E-state index in [1.54, 1.807) is 12.1 Å². The normalized spacial score (nSPS) is 16.5. The summed E-state index contributed by atoms with van der Waals surface area (Å²) in [6.07, 6.45) is -2.08. The first kappa shape index (κ1) is 27.0. The Bertz CT molecular complexity index is 955. The maximum absolute atomic E-state index is 14.4. The van der Waals surface area contributed by atoms with Crippen LogP contribution in [0.2, 0.25) is 0 Å². The fourth-order valence-corrected chi connectivity index (χ4v) is 4.46. The van der Waals surface area contributed by atoms with Crippen molar-refractivity contribution in [2.24, 2.45) is 0 Å². The Balaban J connectivity index is 1.73. The summed E-state index contributed by atoms with van der Waals surface area (Å²) >= 11 is 0. The van der Waals surface area contributed by atoms with Gasteiger partial charge in [0.25, 0.3) is 5.91 Å². The predicted molar refractivity (Wildman–Crippen MR) is 129 cm³/mol. The number of carbonyl (C=O) groups is 1. The van der Waals surface area contributed by atoms with Gasteiger partial charge >= 0.3 is 6.18 Å². The third kappa shape index (κ3) is 7.67. The highest BCUT2D eigenvalue weighted by atomic mass is 19.4. The van der Waals surface area contributed by atoms with Crippen LogP contribution in [-0.2, 0) is 17.5 Å². The smallest absolute Gasteiger partial charge is 0.381 e. The highest BCUT2D eigenvalue weighted by Gasteiger charge is 2.30. The van der Waals surface area contributed by atoms with Gasteiger partial charge < -0.3 is 10.6 Å². The van der Waals surface area contributed by atoms with E-state index >= 15 is 0 Å². The molecule has 192 valence electrons. The van der Waals surface area contributed by atoms with E-state index in [0.717, 1.165) is 61.9 Å². The molecule has 3 rings (SSSR count). The summed E-state index contributed by atoms with van der Waals surface area (Å²) in [6.45, 7) is 2.20. The largest absolute Gasteiger partial charge is 0.416 e. The zero-order valence-corrected chi connectivity index (χ0v) is 19.9. The number of unbranched alkanes of at least 4 members (excludes halogenated alkanes) is 1. The zero-order chi connectivity index (χ0) is 25.4. The van der Waals surface area contributed by atoms with Crippen LogP contribution in [0.4, 0.5) is 33.3 Å². The van der Waals surface area contributed by atoms with E-state index in [0.29, 0.717) is 24.2 Å². The third-order valence-corrected chi connectivity index (χ3v) is 6.53. The van der Waals surface area contributed by atoms with Crippen molar-refractivity contribution in [2.75, 3.05) is 10.6 Å². The first-order valence-electron chi connectivity index (χ1n) is 12.3. The molecule has 35 heavy (non-hydrogen) atoms. The molecule has 1 amide bonds. The van der Waals surface area contributed by atoms with E-state index < -0.39 is 30.0 Å². The molecule has 0 saturated heterocycles. The van der Waals surface area contributed by atoms with Crippen molar-refractivity contribution in [3.8, 4) is 0 Å². The second-order valence-corrected chi connectivity index (χ2v) is 9.23. The maximum atomic E-state index is 14.4. The number of halogens is 5. The van der Waals surface area contributed by atoms with Crippen molar-refractivity contribution in [1.82, 2.24) is 0 Å². The Morgan fingerprint density at radius 1 is 1.03 bits per heavy atom. The molecule has 0 unspecified atom stereocenters. The van der Waals surface area contributed by atoms with E-state index in [2.05, 4.69) is 10.6 Å². The van der Waals surface area contributed by atoms with Crippen LogP contribution in [0.15, 0.2) is 42.5 Å². The number of hydrogen-bond donors (Lipinski definition) is 2. The van der Waals surface area contributed by atoms with Gasteiger partial charge in [0.05, 0.1) is 5.56 Å². The molecular formula is C27H33F5N2O. The molecule has 0 radical (unpaired) electrons. The fourth-order valence-electron chi connectivity index (χ4n) is 4.46. The minimum absolute atomic E-state index is 0.00732. The number of nitrogens with one attached hydrogen (secondary N) is 2. The molecule has 0 aliphatic heterocycles. The first-order valence-corrected chi connectivity index (χ1v) is 12.3. The maximum Gasteiger partial charge on any atom is 0.416 e. The van der Waals surface area contributed by atoms with E-state index in [1.165, 1.54) is 12.1 Å². The second-order valence-electron chi connectivity index (χ2n) is 9.23. The van der Waals surface area contributed by atoms with Crippen molar-refractivity contribution in [3.05, 3.63) is 59.2 Å². The minimum Gasteiger partial charge on any atom is -0.381 e. The number of alkyl halides is 5. The molecule has 2 N–H and O–H groups in total. The van der Waals surface area contributed by atoms with Gasteiger partial charge in [-0.3, -0.25) is 4.79 Å². The van der Waals surface area contributed by atoms with Gasteiger partial charge in [-0.15, -0.1) is 0 Å². The molecule has 8 heteroatoms. The van der Waals surface area contributed by atoms with Gasteiger partial charge in [-0.25, -0.2) is 8.78 Å². The minimum atomic E-state index is -4.38. The Kier molecular flexibility index (Phi) is 9.52. The van der Waals surface area contributed by atoms with E-state index in [1.807, 2.05) is 13.0 Å². The van der Waals surface area contributed by atoms with Gasteiger partial charge in [0.15, 0.2) is 0 Å². The number of rotatable bonds is 10. The summed E-state index contributed by atoms with van der Waals surface area (Å²) in [5, 5.41) is 5.81.